The van der Waals surface area contributed by atoms with Crippen LogP contribution in [-0.4, -0.2) is 59.1 Å². The average Bonchev–Trinajstić information content (AvgIpc) is 3.30. The van der Waals surface area contributed by atoms with Crippen molar-refractivity contribution in [1.82, 2.24) is 13.6 Å². The molecule has 3 heterocycles. The predicted molar refractivity (Wildman–Crippen MR) is 116 cm³/mol. The molecule has 2 aliphatic heterocycles. The van der Waals surface area contributed by atoms with Gasteiger partial charge < -0.3 is 10.4 Å². The van der Waals surface area contributed by atoms with Crippen LogP contribution in [0.1, 0.15) is 37.4 Å². The number of hydrogen-bond acceptors (Lipinski definition) is 5. The Bertz CT molecular complexity index is 1040. The second kappa shape index (κ2) is 9.13. The van der Waals surface area contributed by atoms with E-state index in [0.29, 0.717) is 19.5 Å². The van der Waals surface area contributed by atoms with Crippen molar-refractivity contribution in [2.75, 3.05) is 25.0 Å². The number of nitrogens with one attached hydrogen (secondary N) is 1. The molecule has 1 spiro atoms. The molecule has 2 atom stereocenters. The van der Waals surface area contributed by atoms with Gasteiger partial charge in [-0.15, -0.1) is 0 Å². The summed E-state index contributed by atoms with van der Waals surface area (Å²) in [4.78, 5) is 25.8. The van der Waals surface area contributed by atoms with Crippen LogP contribution in [0, 0.1) is 0 Å². The first-order valence-corrected chi connectivity index (χ1v) is 11.4. The highest BCUT2D eigenvalue weighted by atomic mass is 32.2. The highest BCUT2D eigenvalue weighted by molar-refractivity contribution is 7.86. The van der Waals surface area contributed by atoms with Crippen molar-refractivity contribution in [3.05, 3.63) is 59.9 Å². The Balaban J connectivity index is 0.000000858. The number of rotatable bonds is 5. The molecule has 10 heteroatoms. The standard InChI is InChI=1S/C20H24N4O3S.CH2O2/c1-3-23(4-2)28(26,27)24-13-11-20(18(24)15-8-7-12-21-14-15)16-9-5-6-10-17(16)22-19(20)25;2-1-3/h5-10,12,14,18H,3-4,11,13H2,1-2H3,(H,22,25);1H,(H,2,3). The average molecular weight is 447 g/mol. The normalized spacial score (nSPS) is 22.7. The van der Waals surface area contributed by atoms with Gasteiger partial charge in [-0.3, -0.25) is 14.6 Å². The molecule has 1 aromatic heterocycles. The van der Waals surface area contributed by atoms with Gasteiger partial charge in [0.1, 0.15) is 0 Å². The quantitative estimate of drug-likeness (QED) is 0.678. The van der Waals surface area contributed by atoms with E-state index in [1.807, 2.05) is 44.2 Å². The Morgan fingerprint density at radius 3 is 2.55 bits per heavy atom. The third kappa shape index (κ3) is 3.71. The van der Waals surface area contributed by atoms with Crippen molar-refractivity contribution >= 4 is 28.3 Å². The summed E-state index contributed by atoms with van der Waals surface area (Å²) in [5, 5.41) is 9.85. The van der Waals surface area contributed by atoms with E-state index in [9.17, 15) is 13.2 Å². The van der Waals surface area contributed by atoms with Crippen molar-refractivity contribution in [2.45, 2.75) is 31.7 Å². The fraction of sp³-hybridized carbons (Fsp3) is 0.381. The number of hydrogen-bond donors (Lipinski definition) is 2. The summed E-state index contributed by atoms with van der Waals surface area (Å²) < 4.78 is 29.8. The summed E-state index contributed by atoms with van der Waals surface area (Å²) in [6, 6.07) is 10.5. The molecule has 0 bridgehead atoms. The van der Waals surface area contributed by atoms with E-state index < -0.39 is 21.7 Å². The Morgan fingerprint density at radius 1 is 1.26 bits per heavy atom. The smallest absolute Gasteiger partial charge is 0.290 e. The van der Waals surface area contributed by atoms with Crippen LogP contribution < -0.4 is 5.32 Å². The molecule has 2 unspecified atom stereocenters. The molecule has 0 aliphatic carbocycles. The zero-order valence-electron chi connectivity index (χ0n) is 17.4. The van der Waals surface area contributed by atoms with Gasteiger partial charge in [-0.25, -0.2) is 0 Å². The SMILES string of the molecule is CCN(CC)S(=O)(=O)N1CCC2(C(=O)Nc3ccccc32)C1c1cccnc1.O=CO. The summed E-state index contributed by atoms with van der Waals surface area (Å²) >= 11 is 0. The molecule has 31 heavy (non-hydrogen) atoms. The van der Waals surface area contributed by atoms with Gasteiger partial charge in [0.25, 0.3) is 16.7 Å². The van der Waals surface area contributed by atoms with Crippen LogP contribution in [0.4, 0.5) is 5.69 Å². The van der Waals surface area contributed by atoms with Gasteiger partial charge in [0.05, 0.1) is 11.5 Å². The summed E-state index contributed by atoms with van der Waals surface area (Å²) in [5.74, 6) is -0.153. The van der Waals surface area contributed by atoms with Crippen LogP contribution in [0.25, 0.3) is 0 Å². The number of aromatic nitrogens is 1. The van der Waals surface area contributed by atoms with Gasteiger partial charge in [-0.2, -0.15) is 17.0 Å². The minimum absolute atomic E-state index is 0.153. The highest BCUT2D eigenvalue weighted by Crippen LogP contribution is 2.55. The molecule has 0 saturated carbocycles. The topological polar surface area (TPSA) is 120 Å². The van der Waals surface area contributed by atoms with Crippen molar-refractivity contribution in [3.63, 3.8) is 0 Å². The van der Waals surface area contributed by atoms with E-state index in [2.05, 4.69) is 10.3 Å². The number of amides is 1. The van der Waals surface area contributed by atoms with E-state index >= 15 is 0 Å². The maximum atomic E-state index is 13.4. The molecule has 1 saturated heterocycles. The second-order valence-corrected chi connectivity index (χ2v) is 9.10. The van der Waals surface area contributed by atoms with Crippen LogP contribution in [0.3, 0.4) is 0 Å². The number of carboxylic acid groups (broad SMARTS) is 1. The van der Waals surface area contributed by atoms with Crippen LogP contribution >= 0.6 is 0 Å². The largest absolute Gasteiger partial charge is 0.483 e. The Morgan fingerprint density at radius 2 is 1.94 bits per heavy atom. The van der Waals surface area contributed by atoms with Crippen molar-refractivity contribution < 1.29 is 23.1 Å². The molecule has 2 aliphatic rings. The van der Waals surface area contributed by atoms with Gasteiger partial charge >= 0.3 is 0 Å². The third-order valence-electron chi connectivity index (χ3n) is 5.87. The molecule has 1 amide bonds. The van der Waals surface area contributed by atoms with Crippen LogP contribution in [-0.2, 0) is 25.2 Å². The van der Waals surface area contributed by atoms with Crippen LogP contribution in [0.5, 0.6) is 0 Å². The highest BCUT2D eigenvalue weighted by Gasteiger charge is 2.61. The summed E-state index contributed by atoms with van der Waals surface area (Å²) in [6.45, 7) is 4.43. The molecular weight excluding hydrogens is 420 g/mol. The fourth-order valence-corrected chi connectivity index (χ4v) is 6.43. The van der Waals surface area contributed by atoms with E-state index in [1.54, 1.807) is 18.5 Å². The molecule has 166 valence electrons. The summed E-state index contributed by atoms with van der Waals surface area (Å²) in [5.41, 5.74) is 1.37. The Kier molecular flexibility index (Phi) is 6.73. The van der Waals surface area contributed by atoms with E-state index in [-0.39, 0.29) is 18.9 Å². The zero-order chi connectivity index (χ0) is 22.6. The molecule has 1 fully saturated rings. The summed E-state index contributed by atoms with van der Waals surface area (Å²) in [7, 11) is -3.73. The molecule has 0 radical (unpaired) electrons. The number of para-hydroxylation sites is 1. The number of anilines is 1. The minimum atomic E-state index is -3.73. The van der Waals surface area contributed by atoms with Crippen LogP contribution in [0.15, 0.2) is 48.8 Å². The number of pyridine rings is 1. The van der Waals surface area contributed by atoms with Crippen molar-refractivity contribution in [3.8, 4) is 0 Å². The molecule has 2 aromatic rings. The number of carbonyl (C=O) groups excluding carboxylic acids is 1. The van der Waals surface area contributed by atoms with Gasteiger partial charge in [-0.05, 0) is 29.7 Å². The maximum Gasteiger partial charge on any atom is 0.290 e. The third-order valence-corrected chi connectivity index (χ3v) is 8.03. The molecule has 2 N–H and O–H groups in total. The first kappa shape index (κ1) is 22.9. The molecule has 9 nitrogen and oxygen atoms in total. The van der Waals surface area contributed by atoms with E-state index in [0.717, 1.165) is 16.8 Å². The fourth-order valence-electron chi connectivity index (χ4n) is 4.59. The maximum absolute atomic E-state index is 13.4. The lowest BCUT2D eigenvalue weighted by atomic mass is 9.73. The number of benzene rings is 1. The lowest BCUT2D eigenvalue weighted by Gasteiger charge is -2.35. The minimum Gasteiger partial charge on any atom is -0.483 e. The second-order valence-electron chi connectivity index (χ2n) is 7.22. The van der Waals surface area contributed by atoms with Gasteiger partial charge in [0.2, 0.25) is 5.91 Å². The van der Waals surface area contributed by atoms with Crippen LogP contribution in [0.2, 0.25) is 0 Å². The van der Waals surface area contributed by atoms with Crippen molar-refractivity contribution in [2.24, 2.45) is 0 Å². The number of fused-ring (bicyclic) bond motifs is 2. The van der Waals surface area contributed by atoms with Crippen molar-refractivity contribution in [1.29, 1.82) is 0 Å². The molecular formula is C21H26N4O5S. The Labute approximate surface area is 181 Å². The first-order chi connectivity index (χ1) is 14.9. The van der Waals surface area contributed by atoms with Gasteiger partial charge in [0.15, 0.2) is 0 Å². The first-order valence-electron chi connectivity index (χ1n) is 10.0. The molecule has 1 aromatic carbocycles. The van der Waals surface area contributed by atoms with E-state index in [4.69, 9.17) is 9.90 Å². The van der Waals surface area contributed by atoms with Gasteiger partial charge in [-0.1, -0.05) is 38.1 Å². The number of carbonyl (C=O) groups is 2. The lowest BCUT2D eigenvalue weighted by Crippen LogP contribution is -2.47. The summed E-state index contributed by atoms with van der Waals surface area (Å²) in [6.07, 6.45) is 3.74. The van der Waals surface area contributed by atoms with Gasteiger partial charge in [0, 0.05) is 37.7 Å². The molecule has 4 rings (SSSR count). The predicted octanol–water partition coefficient (Wildman–Crippen LogP) is 2.01. The monoisotopic (exact) mass is 446 g/mol. The van der Waals surface area contributed by atoms with E-state index in [1.165, 1.54) is 8.61 Å². The zero-order valence-corrected chi connectivity index (χ0v) is 18.2. The number of nitrogens with zero attached hydrogens (tertiary/aromatic N) is 3. The Hall–Kier alpha value is -2.82. The lowest BCUT2D eigenvalue weighted by molar-refractivity contribution is -0.123.